The summed E-state index contributed by atoms with van der Waals surface area (Å²) in [7, 11) is 1.65. The Hall–Kier alpha value is -4.23. The Bertz CT molecular complexity index is 1610. The van der Waals surface area contributed by atoms with Crippen molar-refractivity contribution >= 4 is 23.1 Å². The lowest BCUT2D eigenvalue weighted by Crippen LogP contribution is -2.39. The predicted molar refractivity (Wildman–Crippen MR) is 142 cm³/mol. The summed E-state index contributed by atoms with van der Waals surface area (Å²) in [6, 6.07) is 9.12. The van der Waals surface area contributed by atoms with Gasteiger partial charge in [-0.2, -0.15) is 4.98 Å². The molecule has 6 rings (SSSR count). The molecule has 0 saturated heterocycles. The first-order valence-corrected chi connectivity index (χ1v) is 12.9. The van der Waals surface area contributed by atoms with E-state index >= 15 is 0 Å². The predicted octanol–water partition coefficient (Wildman–Crippen LogP) is 4.34. The molecule has 1 atom stereocenters. The molecule has 11 nitrogen and oxygen atoms in total. The maximum absolute atomic E-state index is 13.4. The van der Waals surface area contributed by atoms with Crippen molar-refractivity contribution in [3.63, 3.8) is 0 Å². The van der Waals surface area contributed by atoms with Crippen LogP contribution in [0.4, 0.5) is 14.5 Å². The minimum atomic E-state index is -2.68. The normalized spacial score (nSPS) is 18.7. The van der Waals surface area contributed by atoms with Crippen LogP contribution < -0.4 is 10.7 Å². The number of aryl methyl sites for hydroxylation is 1. The number of methoxy groups -OCH3 is 1. The van der Waals surface area contributed by atoms with Crippen molar-refractivity contribution in [2.75, 3.05) is 25.6 Å². The summed E-state index contributed by atoms with van der Waals surface area (Å²) in [5.41, 5.74) is 7.17. The zero-order valence-corrected chi connectivity index (χ0v) is 22.2. The largest absolute Gasteiger partial charge is 0.383 e. The number of benzene rings is 1. The van der Waals surface area contributed by atoms with Crippen LogP contribution in [0.25, 0.3) is 17.0 Å². The Kier molecular flexibility index (Phi) is 6.55. The Morgan fingerprint density at radius 1 is 1.25 bits per heavy atom. The van der Waals surface area contributed by atoms with Gasteiger partial charge in [0.05, 0.1) is 19.3 Å². The van der Waals surface area contributed by atoms with E-state index in [9.17, 15) is 13.6 Å². The highest BCUT2D eigenvalue weighted by Crippen LogP contribution is 2.48. The molecule has 4 heterocycles. The number of pyridine rings is 1. The van der Waals surface area contributed by atoms with Gasteiger partial charge >= 0.3 is 0 Å². The second-order valence-electron chi connectivity index (χ2n) is 10.1. The molecule has 1 aromatic carbocycles. The number of imidazole rings is 1. The molecule has 3 aromatic heterocycles. The van der Waals surface area contributed by atoms with E-state index in [1.165, 1.54) is 6.20 Å². The fourth-order valence-electron chi connectivity index (χ4n) is 4.85. The first kappa shape index (κ1) is 26.0. The number of hydrogen-bond donors (Lipinski definition) is 2. The molecule has 1 saturated carbocycles. The monoisotopic (exact) mass is 550 g/mol. The number of carbonyl (C=O) groups excluding carboxylic acids is 1. The molecule has 2 aliphatic rings. The number of aromatic nitrogens is 4. The van der Waals surface area contributed by atoms with Crippen molar-refractivity contribution < 1.29 is 22.8 Å². The van der Waals surface area contributed by atoms with E-state index in [0.29, 0.717) is 35.7 Å². The highest BCUT2D eigenvalue weighted by atomic mass is 19.3. The Morgan fingerprint density at radius 2 is 2.08 bits per heavy atom. The van der Waals surface area contributed by atoms with Gasteiger partial charge in [0.2, 0.25) is 17.6 Å². The van der Waals surface area contributed by atoms with E-state index in [1.807, 2.05) is 43.3 Å². The molecule has 1 fully saturated rings. The summed E-state index contributed by atoms with van der Waals surface area (Å²) in [4.78, 5) is 26.8. The Balaban J connectivity index is 1.21. The number of amidine groups is 1. The first-order chi connectivity index (χ1) is 19.2. The van der Waals surface area contributed by atoms with E-state index in [4.69, 9.17) is 14.3 Å². The van der Waals surface area contributed by atoms with Crippen LogP contribution in [0.2, 0.25) is 0 Å². The highest BCUT2D eigenvalue weighted by molar-refractivity contribution is 6.04. The fraction of sp³-hybridized carbons (Fsp3) is 0.370. The number of rotatable bonds is 8. The number of hydrazine groups is 1. The van der Waals surface area contributed by atoms with Crippen molar-refractivity contribution in [3.05, 3.63) is 65.4 Å². The smallest absolute Gasteiger partial charge is 0.274 e. The van der Waals surface area contributed by atoms with Crippen LogP contribution in [0.1, 0.15) is 59.4 Å². The van der Waals surface area contributed by atoms with Crippen LogP contribution in [-0.2, 0) is 4.74 Å². The van der Waals surface area contributed by atoms with Gasteiger partial charge in [0.1, 0.15) is 23.3 Å². The zero-order valence-electron chi connectivity index (χ0n) is 22.2. The number of carbonyl (C=O) groups is 1. The van der Waals surface area contributed by atoms with Gasteiger partial charge in [-0.25, -0.2) is 24.2 Å². The third kappa shape index (κ3) is 4.93. The summed E-state index contributed by atoms with van der Waals surface area (Å²) in [5.74, 6) is -2.14. The lowest BCUT2D eigenvalue weighted by atomic mass is 9.81. The summed E-state index contributed by atoms with van der Waals surface area (Å²) in [6.07, 6.45) is 2.48. The number of amides is 1. The van der Waals surface area contributed by atoms with Crippen LogP contribution in [0.3, 0.4) is 0 Å². The number of halogens is 2. The van der Waals surface area contributed by atoms with Gasteiger partial charge in [0.15, 0.2) is 0 Å². The lowest BCUT2D eigenvalue weighted by Gasteiger charge is -2.31. The van der Waals surface area contributed by atoms with Crippen LogP contribution in [0, 0.1) is 6.92 Å². The average Bonchev–Trinajstić information content (AvgIpc) is 3.65. The number of nitrogens with zero attached hydrogens (tertiary/aromatic N) is 6. The summed E-state index contributed by atoms with van der Waals surface area (Å²) in [6.45, 7) is 5.01. The van der Waals surface area contributed by atoms with Crippen LogP contribution in [0.15, 0.2) is 52.2 Å². The standard InChI is InChI=1S/C27H28F2N8O3/c1-15-4-5-17(24-33-26(40-35-24)19-11-27(28,29)12-19)10-20(15)32-25(38)21-13-30-22-7-6-18(14-36(21)22)23-31-16(2)37(34-23)8-9-39-3/h4-7,10,13-14,19,23,34H,8-9,11-12H2,1-3H3,(H,32,38). The molecule has 1 unspecified atom stereocenters. The van der Waals surface area contributed by atoms with Crippen molar-refractivity contribution in [1.82, 2.24) is 30.0 Å². The molecule has 0 spiro atoms. The molecule has 0 radical (unpaired) electrons. The van der Waals surface area contributed by atoms with Crippen LogP contribution in [-0.4, -0.2) is 62.5 Å². The molecular formula is C27H28F2N8O3. The molecule has 13 heteroatoms. The van der Waals surface area contributed by atoms with Gasteiger partial charge < -0.3 is 14.6 Å². The summed E-state index contributed by atoms with van der Waals surface area (Å²) in [5, 5.41) is 8.86. The number of anilines is 1. The highest BCUT2D eigenvalue weighted by Gasteiger charge is 2.48. The number of nitrogens with one attached hydrogen (secondary N) is 2. The maximum atomic E-state index is 13.4. The molecule has 0 bridgehead atoms. The topological polar surface area (TPSA) is 122 Å². The van der Waals surface area contributed by atoms with E-state index in [1.54, 1.807) is 23.6 Å². The summed E-state index contributed by atoms with van der Waals surface area (Å²) >= 11 is 0. The van der Waals surface area contributed by atoms with Crippen molar-refractivity contribution in [3.8, 4) is 11.4 Å². The Morgan fingerprint density at radius 3 is 2.85 bits per heavy atom. The minimum Gasteiger partial charge on any atom is -0.383 e. The van der Waals surface area contributed by atoms with Crippen LogP contribution >= 0.6 is 0 Å². The number of fused-ring (bicyclic) bond motifs is 1. The van der Waals surface area contributed by atoms with E-state index in [0.717, 1.165) is 17.0 Å². The molecule has 208 valence electrons. The number of ether oxygens (including phenoxy) is 1. The fourth-order valence-corrected chi connectivity index (χ4v) is 4.85. The van der Waals surface area contributed by atoms with Gasteiger partial charge in [-0.05, 0) is 31.5 Å². The molecule has 1 aliphatic carbocycles. The first-order valence-electron chi connectivity index (χ1n) is 12.9. The quantitative estimate of drug-likeness (QED) is 0.332. The SMILES string of the molecule is COCCN1NC(c2ccc3ncc(C(=O)Nc4cc(-c5noc(C6CC(F)(F)C6)n5)ccc4C)n3c2)N=C1C. The van der Waals surface area contributed by atoms with Crippen molar-refractivity contribution in [2.45, 2.75) is 44.7 Å². The molecule has 4 aromatic rings. The maximum Gasteiger partial charge on any atom is 0.274 e. The number of hydrogen-bond acceptors (Lipinski definition) is 9. The average molecular weight is 551 g/mol. The van der Waals surface area contributed by atoms with E-state index < -0.39 is 11.8 Å². The van der Waals surface area contributed by atoms with Crippen molar-refractivity contribution in [2.24, 2.45) is 4.99 Å². The molecule has 1 amide bonds. The van der Waals surface area contributed by atoms with Gasteiger partial charge in [-0.3, -0.25) is 14.2 Å². The second kappa shape index (κ2) is 10.1. The second-order valence-corrected chi connectivity index (χ2v) is 10.1. The molecular weight excluding hydrogens is 522 g/mol. The minimum absolute atomic E-state index is 0.201. The molecule has 2 N–H and O–H groups in total. The zero-order chi connectivity index (χ0) is 28.0. The summed E-state index contributed by atoms with van der Waals surface area (Å²) < 4.78 is 38.7. The third-order valence-corrected chi connectivity index (χ3v) is 7.21. The third-order valence-electron chi connectivity index (χ3n) is 7.21. The van der Waals surface area contributed by atoms with Crippen molar-refractivity contribution in [1.29, 1.82) is 0 Å². The Labute approximate surface area is 228 Å². The molecule has 1 aliphatic heterocycles. The van der Waals surface area contributed by atoms with Gasteiger partial charge in [0, 0.05) is 48.9 Å². The van der Waals surface area contributed by atoms with E-state index in [2.05, 4.69) is 25.9 Å². The molecule has 40 heavy (non-hydrogen) atoms. The van der Waals surface area contributed by atoms with Gasteiger partial charge in [-0.1, -0.05) is 23.4 Å². The number of alkyl halides is 2. The van der Waals surface area contributed by atoms with Gasteiger partial charge in [0.25, 0.3) is 5.91 Å². The van der Waals surface area contributed by atoms with E-state index in [-0.39, 0.29) is 36.6 Å². The van der Waals surface area contributed by atoms with Crippen LogP contribution in [0.5, 0.6) is 0 Å². The van der Waals surface area contributed by atoms with Gasteiger partial charge in [-0.15, -0.1) is 0 Å². The number of aliphatic imine (C=N–C) groups is 1. The lowest BCUT2D eigenvalue weighted by molar-refractivity contribution is -0.0925.